The average molecular weight is 408 g/mol. The van der Waals surface area contributed by atoms with Gasteiger partial charge in [0.25, 0.3) is 5.56 Å². The predicted molar refractivity (Wildman–Crippen MR) is 106 cm³/mol. The van der Waals surface area contributed by atoms with E-state index in [-0.39, 0.29) is 5.56 Å². The molecule has 0 fully saturated rings. The molecule has 0 aliphatic carbocycles. The fraction of sp³-hybridized carbons (Fsp3) is 0. The first kappa shape index (κ1) is 16.6. The molecule has 0 aliphatic rings. The molecule has 4 rings (SSSR count). The van der Waals surface area contributed by atoms with Crippen LogP contribution in [0.25, 0.3) is 32.7 Å². The van der Waals surface area contributed by atoms with Gasteiger partial charge >= 0.3 is 0 Å². The highest BCUT2D eigenvalue weighted by atomic mass is 35.5. The lowest BCUT2D eigenvalue weighted by Gasteiger charge is -2.04. The summed E-state index contributed by atoms with van der Waals surface area (Å²) in [5.74, 6) is 0.511. The van der Waals surface area contributed by atoms with E-state index < -0.39 is 0 Å². The largest absolute Gasteiger partial charge is 0.306 e. The number of halogens is 3. The molecule has 2 aromatic heterocycles. The number of nitrogens with zero attached hydrogens (tertiary/aromatic N) is 1. The van der Waals surface area contributed by atoms with Crippen LogP contribution in [0.4, 0.5) is 0 Å². The maximum absolute atomic E-state index is 12.7. The number of fused-ring (bicyclic) bond motifs is 1. The van der Waals surface area contributed by atoms with Crippen molar-refractivity contribution >= 4 is 56.4 Å². The van der Waals surface area contributed by atoms with Crippen molar-refractivity contribution in [2.24, 2.45) is 0 Å². The Hall–Kier alpha value is -1.85. The van der Waals surface area contributed by atoms with Crippen LogP contribution >= 0.6 is 46.1 Å². The summed E-state index contributed by atoms with van der Waals surface area (Å²) in [5.41, 5.74) is 2.22. The smallest absolute Gasteiger partial charge is 0.260 e. The minimum atomic E-state index is -0.197. The summed E-state index contributed by atoms with van der Waals surface area (Å²) < 4.78 is 0. The Morgan fingerprint density at radius 1 is 0.920 bits per heavy atom. The van der Waals surface area contributed by atoms with Crippen LogP contribution < -0.4 is 5.56 Å². The Balaban J connectivity index is 1.89. The van der Waals surface area contributed by atoms with Crippen molar-refractivity contribution in [1.82, 2.24) is 9.97 Å². The van der Waals surface area contributed by atoms with Gasteiger partial charge in [-0.3, -0.25) is 4.79 Å². The number of aromatic nitrogens is 2. The molecule has 3 nitrogen and oxygen atoms in total. The summed E-state index contributed by atoms with van der Waals surface area (Å²) in [5, 5.41) is 3.99. The van der Waals surface area contributed by atoms with E-state index in [1.807, 2.05) is 23.6 Å². The number of rotatable bonds is 2. The second-order valence-electron chi connectivity index (χ2n) is 5.38. The summed E-state index contributed by atoms with van der Waals surface area (Å²) in [6.07, 6.45) is 0. The zero-order valence-corrected chi connectivity index (χ0v) is 15.6. The van der Waals surface area contributed by atoms with Crippen molar-refractivity contribution < 1.29 is 0 Å². The highest BCUT2D eigenvalue weighted by Crippen LogP contribution is 2.34. The number of hydrogen-bond acceptors (Lipinski definition) is 3. The molecule has 2 aromatic carbocycles. The van der Waals surface area contributed by atoms with E-state index >= 15 is 0 Å². The first-order valence-electron chi connectivity index (χ1n) is 7.26. The molecule has 0 saturated heterocycles. The van der Waals surface area contributed by atoms with Gasteiger partial charge in [0.1, 0.15) is 10.7 Å². The number of aromatic amines is 1. The Bertz CT molecular complexity index is 1150. The van der Waals surface area contributed by atoms with Gasteiger partial charge in [-0.2, -0.15) is 0 Å². The van der Waals surface area contributed by atoms with Gasteiger partial charge < -0.3 is 4.98 Å². The van der Waals surface area contributed by atoms with E-state index in [2.05, 4.69) is 9.97 Å². The van der Waals surface area contributed by atoms with Crippen LogP contribution in [-0.2, 0) is 0 Å². The summed E-state index contributed by atoms with van der Waals surface area (Å²) >= 11 is 19.4. The van der Waals surface area contributed by atoms with Gasteiger partial charge in [-0.25, -0.2) is 4.98 Å². The van der Waals surface area contributed by atoms with Crippen LogP contribution in [0.1, 0.15) is 0 Å². The lowest BCUT2D eigenvalue weighted by atomic mass is 10.1. The van der Waals surface area contributed by atoms with Crippen molar-refractivity contribution in [3.05, 3.63) is 73.3 Å². The quantitative estimate of drug-likeness (QED) is 0.425. The van der Waals surface area contributed by atoms with E-state index in [4.69, 9.17) is 34.8 Å². The molecule has 2 heterocycles. The van der Waals surface area contributed by atoms with Crippen molar-refractivity contribution in [2.75, 3.05) is 0 Å². The molecule has 0 atom stereocenters. The topological polar surface area (TPSA) is 45.8 Å². The fourth-order valence-electron chi connectivity index (χ4n) is 2.57. The van der Waals surface area contributed by atoms with E-state index in [1.54, 1.807) is 24.3 Å². The van der Waals surface area contributed by atoms with Gasteiger partial charge in [-0.1, -0.05) is 40.9 Å². The molecule has 1 N–H and O–H groups in total. The lowest BCUT2D eigenvalue weighted by molar-refractivity contribution is 1.19. The zero-order chi connectivity index (χ0) is 17.6. The molecule has 25 heavy (non-hydrogen) atoms. The van der Waals surface area contributed by atoms with Crippen LogP contribution in [0.2, 0.25) is 15.1 Å². The summed E-state index contributed by atoms with van der Waals surface area (Å²) in [6.45, 7) is 0. The first-order chi connectivity index (χ1) is 12.0. The van der Waals surface area contributed by atoms with Crippen molar-refractivity contribution in [2.45, 2.75) is 0 Å². The normalized spacial score (nSPS) is 11.2. The van der Waals surface area contributed by atoms with Gasteiger partial charge in [0, 0.05) is 21.5 Å². The van der Waals surface area contributed by atoms with Crippen LogP contribution in [0.5, 0.6) is 0 Å². The molecule has 7 heteroatoms. The molecular weight excluding hydrogens is 399 g/mol. The van der Waals surface area contributed by atoms with Crippen molar-refractivity contribution in [3.63, 3.8) is 0 Å². The Morgan fingerprint density at radius 2 is 1.64 bits per heavy atom. The third-order valence-electron chi connectivity index (χ3n) is 3.79. The van der Waals surface area contributed by atoms with Crippen LogP contribution in [0.3, 0.4) is 0 Å². The van der Waals surface area contributed by atoms with E-state index in [1.165, 1.54) is 11.3 Å². The molecule has 0 aliphatic heterocycles. The number of H-pyrrole nitrogens is 1. The van der Waals surface area contributed by atoms with Gasteiger partial charge in [-0.05, 0) is 42.0 Å². The summed E-state index contributed by atoms with van der Waals surface area (Å²) in [4.78, 5) is 20.8. The highest BCUT2D eigenvalue weighted by Gasteiger charge is 2.14. The minimum absolute atomic E-state index is 0.197. The molecule has 0 radical (unpaired) electrons. The summed E-state index contributed by atoms with van der Waals surface area (Å²) in [6, 6.07) is 12.5. The van der Waals surface area contributed by atoms with Crippen LogP contribution in [-0.4, -0.2) is 9.97 Å². The Morgan fingerprint density at radius 3 is 2.36 bits per heavy atom. The second kappa shape index (κ2) is 6.46. The predicted octanol–water partition coefficient (Wildman–Crippen LogP) is 6.28. The average Bonchev–Trinajstić information content (AvgIpc) is 3.02. The van der Waals surface area contributed by atoms with Crippen LogP contribution in [0.15, 0.2) is 52.6 Å². The minimum Gasteiger partial charge on any atom is -0.306 e. The van der Waals surface area contributed by atoms with Gasteiger partial charge in [0.05, 0.1) is 15.4 Å². The molecule has 0 saturated carbocycles. The molecule has 0 bridgehead atoms. The van der Waals surface area contributed by atoms with Crippen molar-refractivity contribution in [3.8, 4) is 22.5 Å². The molecule has 0 amide bonds. The van der Waals surface area contributed by atoms with Gasteiger partial charge in [0.15, 0.2) is 0 Å². The highest BCUT2D eigenvalue weighted by molar-refractivity contribution is 7.17. The molecule has 4 aromatic rings. The van der Waals surface area contributed by atoms with Crippen LogP contribution in [0, 0.1) is 0 Å². The summed E-state index contributed by atoms with van der Waals surface area (Å²) in [7, 11) is 0. The standard InChI is InChI=1S/C18H9Cl3N2OS/c19-11-4-1-9(2-5-11)16-22-17(24)15-12(8-25-18(15)23-16)10-3-6-13(20)14(21)7-10/h1-8H,(H,22,23,24). The monoisotopic (exact) mass is 406 g/mol. The molecule has 124 valence electrons. The van der Waals surface area contributed by atoms with E-state index in [0.29, 0.717) is 31.1 Å². The number of nitrogens with one attached hydrogen (secondary N) is 1. The number of thiophene rings is 1. The Labute approximate surface area is 161 Å². The van der Waals surface area contributed by atoms with Crippen molar-refractivity contribution in [1.29, 1.82) is 0 Å². The zero-order valence-electron chi connectivity index (χ0n) is 12.5. The fourth-order valence-corrected chi connectivity index (χ4v) is 3.94. The second-order valence-corrected chi connectivity index (χ2v) is 7.49. The van der Waals surface area contributed by atoms with Gasteiger partial charge in [-0.15, -0.1) is 11.3 Å². The van der Waals surface area contributed by atoms with E-state index in [9.17, 15) is 4.79 Å². The maximum atomic E-state index is 12.7. The molecule has 0 unspecified atom stereocenters. The third kappa shape index (κ3) is 3.07. The molecular formula is C18H9Cl3N2OS. The number of benzene rings is 2. The third-order valence-corrected chi connectivity index (χ3v) is 5.66. The maximum Gasteiger partial charge on any atom is 0.260 e. The van der Waals surface area contributed by atoms with E-state index in [0.717, 1.165) is 16.7 Å². The SMILES string of the molecule is O=c1[nH]c(-c2ccc(Cl)cc2)nc2scc(-c3ccc(Cl)c(Cl)c3)c12. The van der Waals surface area contributed by atoms with Gasteiger partial charge in [0.2, 0.25) is 0 Å². The number of hydrogen-bond donors (Lipinski definition) is 1. The molecule has 0 spiro atoms. The Kier molecular flexibility index (Phi) is 4.29. The lowest BCUT2D eigenvalue weighted by Crippen LogP contribution is -2.08. The first-order valence-corrected chi connectivity index (χ1v) is 9.27.